The molecule has 0 saturated carbocycles. The highest BCUT2D eigenvalue weighted by atomic mass is 16.5. The van der Waals surface area contributed by atoms with Crippen LogP contribution in [0, 0.1) is 6.92 Å². The zero-order valence-electron chi connectivity index (χ0n) is 17.5. The standard InChI is InChI=1S/C24H26N4O/c1-16-9-11-17(12-10-16)20-15-25-28-22(14-21(24(2,3)4)27-23(20)28)26-18-7-6-8-19(13-18)29-5/h6-15,26H,1-5H3. The van der Waals surface area contributed by atoms with E-state index in [1.165, 1.54) is 5.56 Å². The van der Waals surface area contributed by atoms with Crippen LogP contribution < -0.4 is 10.1 Å². The maximum Gasteiger partial charge on any atom is 0.165 e. The van der Waals surface area contributed by atoms with E-state index in [4.69, 9.17) is 9.72 Å². The molecule has 0 aliphatic rings. The molecule has 0 saturated heterocycles. The van der Waals surface area contributed by atoms with E-state index in [1.54, 1.807) is 7.11 Å². The van der Waals surface area contributed by atoms with E-state index in [1.807, 2.05) is 35.0 Å². The first-order chi connectivity index (χ1) is 13.8. The summed E-state index contributed by atoms with van der Waals surface area (Å²) in [6.45, 7) is 8.60. The molecule has 2 aromatic heterocycles. The van der Waals surface area contributed by atoms with Gasteiger partial charge in [-0.15, -0.1) is 0 Å². The van der Waals surface area contributed by atoms with E-state index in [2.05, 4.69) is 68.4 Å². The van der Waals surface area contributed by atoms with Crippen molar-refractivity contribution in [3.05, 3.63) is 72.1 Å². The molecule has 29 heavy (non-hydrogen) atoms. The number of nitrogens with zero attached hydrogens (tertiary/aromatic N) is 3. The van der Waals surface area contributed by atoms with Crippen LogP contribution in [0.1, 0.15) is 32.0 Å². The summed E-state index contributed by atoms with van der Waals surface area (Å²) in [5.41, 5.74) is 6.04. The van der Waals surface area contributed by atoms with Crippen LogP contribution in [0.4, 0.5) is 11.5 Å². The van der Waals surface area contributed by atoms with Crippen LogP contribution in [0.5, 0.6) is 5.75 Å². The van der Waals surface area contributed by atoms with E-state index in [0.717, 1.165) is 39.7 Å². The van der Waals surface area contributed by atoms with Gasteiger partial charge in [-0.1, -0.05) is 56.7 Å². The van der Waals surface area contributed by atoms with Gasteiger partial charge in [0.05, 0.1) is 19.0 Å². The lowest BCUT2D eigenvalue weighted by atomic mass is 9.92. The van der Waals surface area contributed by atoms with Crippen molar-refractivity contribution >= 4 is 17.2 Å². The Morgan fingerprint density at radius 1 is 1.00 bits per heavy atom. The number of aryl methyl sites for hydroxylation is 1. The third-order valence-electron chi connectivity index (χ3n) is 4.94. The van der Waals surface area contributed by atoms with Gasteiger partial charge in [-0.05, 0) is 24.6 Å². The number of methoxy groups -OCH3 is 1. The summed E-state index contributed by atoms with van der Waals surface area (Å²) in [5, 5.41) is 8.13. The number of aromatic nitrogens is 3. The largest absolute Gasteiger partial charge is 0.497 e. The van der Waals surface area contributed by atoms with Gasteiger partial charge in [0.15, 0.2) is 5.65 Å². The highest BCUT2D eigenvalue weighted by Crippen LogP contribution is 2.31. The Hall–Kier alpha value is -3.34. The van der Waals surface area contributed by atoms with Gasteiger partial charge in [0, 0.05) is 28.8 Å². The van der Waals surface area contributed by atoms with Crippen molar-refractivity contribution < 1.29 is 4.74 Å². The van der Waals surface area contributed by atoms with Gasteiger partial charge in [0.25, 0.3) is 0 Å². The summed E-state index contributed by atoms with van der Waals surface area (Å²) < 4.78 is 7.22. The van der Waals surface area contributed by atoms with Gasteiger partial charge in [-0.2, -0.15) is 9.61 Å². The van der Waals surface area contributed by atoms with Crippen molar-refractivity contribution in [3.8, 4) is 16.9 Å². The number of benzene rings is 2. The van der Waals surface area contributed by atoms with E-state index in [9.17, 15) is 0 Å². The molecule has 0 unspecified atom stereocenters. The smallest absolute Gasteiger partial charge is 0.165 e. The van der Waals surface area contributed by atoms with E-state index in [0.29, 0.717) is 0 Å². The molecular weight excluding hydrogens is 360 g/mol. The second-order valence-corrected chi connectivity index (χ2v) is 8.29. The Kier molecular flexibility index (Phi) is 4.74. The molecular formula is C24H26N4O. The first-order valence-electron chi connectivity index (χ1n) is 9.72. The number of hydrogen-bond acceptors (Lipinski definition) is 4. The van der Waals surface area contributed by atoms with Crippen LogP contribution >= 0.6 is 0 Å². The van der Waals surface area contributed by atoms with Gasteiger partial charge >= 0.3 is 0 Å². The van der Waals surface area contributed by atoms with Gasteiger partial charge in [0.2, 0.25) is 0 Å². The minimum atomic E-state index is -0.0959. The van der Waals surface area contributed by atoms with E-state index in [-0.39, 0.29) is 5.41 Å². The van der Waals surface area contributed by atoms with Gasteiger partial charge in [0.1, 0.15) is 11.6 Å². The maximum atomic E-state index is 5.35. The Bertz CT molecular complexity index is 1150. The van der Waals surface area contributed by atoms with Crippen LogP contribution in [0.25, 0.3) is 16.8 Å². The molecule has 148 valence electrons. The number of fused-ring (bicyclic) bond motifs is 1. The zero-order valence-corrected chi connectivity index (χ0v) is 17.5. The number of rotatable bonds is 4. The molecule has 0 aliphatic heterocycles. The molecule has 2 heterocycles. The topological polar surface area (TPSA) is 51.5 Å². The van der Waals surface area contributed by atoms with Gasteiger partial charge in [-0.25, -0.2) is 4.98 Å². The third-order valence-corrected chi connectivity index (χ3v) is 4.94. The highest BCUT2D eigenvalue weighted by molar-refractivity contribution is 5.79. The summed E-state index contributed by atoms with van der Waals surface area (Å²) in [7, 11) is 1.67. The van der Waals surface area contributed by atoms with E-state index < -0.39 is 0 Å². The fraction of sp³-hybridized carbons (Fsp3) is 0.250. The highest BCUT2D eigenvalue weighted by Gasteiger charge is 2.20. The molecule has 4 aromatic rings. The van der Waals surface area contributed by atoms with Crippen molar-refractivity contribution in [1.29, 1.82) is 0 Å². The van der Waals surface area contributed by atoms with Crippen LogP contribution in [-0.2, 0) is 5.41 Å². The molecule has 0 radical (unpaired) electrons. The van der Waals surface area contributed by atoms with Crippen molar-refractivity contribution in [2.24, 2.45) is 0 Å². The summed E-state index contributed by atoms with van der Waals surface area (Å²) in [4.78, 5) is 4.98. The Labute approximate surface area is 171 Å². The Balaban J connectivity index is 1.88. The quantitative estimate of drug-likeness (QED) is 0.485. The lowest BCUT2D eigenvalue weighted by molar-refractivity contribution is 0.415. The molecule has 0 bridgehead atoms. The number of ether oxygens (including phenoxy) is 1. The third kappa shape index (κ3) is 3.81. The van der Waals surface area contributed by atoms with Crippen molar-refractivity contribution in [2.45, 2.75) is 33.1 Å². The van der Waals surface area contributed by atoms with Crippen LogP contribution in [0.15, 0.2) is 60.8 Å². The van der Waals surface area contributed by atoms with Crippen molar-refractivity contribution in [1.82, 2.24) is 14.6 Å². The fourth-order valence-electron chi connectivity index (χ4n) is 3.22. The number of hydrogen-bond donors (Lipinski definition) is 1. The zero-order chi connectivity index (χ0) is 20.6. The van der Waals surface area contributed by atoms with Crippen LogP contribution in [0.3, 0.4) is 0 Å². The molecule has 5 heteroatoms. The molecule has 4 rings (SSSR count). The summed E-state index contributed by atoms with van der Waals surface area (Å²) in [5.74, 6) is 1.67. The van der Waals surface area contributed by atoms with Crippen LogP contribution in [0.2, 0.25) is 0 Å². The lowest BCUT2D eigenvalue weighted by Gasteiger charge is -2.20. The molecule has 0 amide bonds. The average molecular weight is 386 g/mol. The first kappa shape index (κ1) is 19.0. The minimum absolute atomic E-state index is 0.0959. The van der Waals surface area contributed by atoms with Crippen molar-refractivity contribution in [2.75, 3.05) is 12.4 Å². The monoisotopic (exact) mass is 386 g/mol. The van der Waals surface area contributed by atoms with E-state index >= 15 is 0 Å². The Morgan fingerprint density at radius 3 is 2.45 bits per heavy atom. The Morgan fingerprint density at radius 2 is 1.76 bits per heavy atom. The predicted molar refractivity (Wildman–Crippen MR) is 118 cm³/mol. The SMILES string of the molecule is COc1cccc(Nc2cc(C(C)(C)C)nc3c(-c4ccc(C)cc4)cnn23)c1. The fourth-order valence-corrected chi connectivity index (χ4v) is 3.22. The normalized spacial score (nSPS) is 11.6. The second kappa shape index (κ2) is 7.24. The molecule has 0 aliphatic carbocycles. The van der Waals surface area contributed by atoms with Gasteiger partial charge in [-0.3, -0.25) is 0 Å². The van der Waals surface area contributed by atoms with Crippen molar-refractivity contribution in [3.63, 3.8) is 0 Å². The number of anilines is 2. The molecule has 0 spiro atoms. The summed E-state index contributed by atoms with van der Waals surface area (Å²) in [6, 6.07) is 18.4. The maximum absolute atomic E-state index is 5.35. The average Bonchev–Trinajstić information content (AvgIpc) is 3.12. The summed E-state index contributed by atoms with van der Waals surface area (Å²) >= 11 is 0. The molecule has 0 atom stereocenters. The van der Waals surface area contributed by atoms with Crippen LogP contribution in [-0.4, -0.2) is 21.7 Å². The molecule has 0 fully saturated rings. The second-order valence-electron chi connectivity index (χ2n) is 8.29. The molecule has 1 N–H and O–H groups in total. The number of nitrogens with one attached hydrogen (secondary N) is 1. The summed E-state index contributed by atoms with van der Waals surface area (Å²) in [6.07, 6.45) is 1.89. The lowest BCUT2D eigenvalue weighted by Crippen LogP contribution is -2.16. The minimum Gasteiger partial charge on any atom is -0.497 e. The van der Waals surface area contributed by atoms with Gasteiger partial charge < -0.3 is 10.1 Å². The predicted octanol–water partition coefficient (Wildman–Crippen LogP) is 5.75. The molecule has 5 nitrogen and oxygen atoms in total. The first-order valence-corrected chi connectivity index (χ1v) is 9.72. The molecule has 2 aromatic carbocycles.